The smallest absolute Gasteiger partial charge is 0.249 e. The first-order valence-corrected chi connectivity index (χ1v) is 8.12. The summed E-state index contributed by atoms with van der Waals surface area (Å²) in [6.45, 7) is 5.01. The largest absolute Gasteiger partial charge is 0.307 e. The van der Waals surface area contributed by atoms with Crippen LogP contribution in [0.4, 0.5) is 5.82 Å². The number of carbonyl (C=O) groups is 1. The zero-order chi connectivity index (χ0) is 16.9. The molecule has 4 heteroatoms. The van der Waals surface area contributed by atoms with E-state index in [0.717, 1.165) is 28.7 Å². The number of nitrogens with one attached hydrogen (secondary N) is 1. The maximum absolute atomic E-state index is 12.2. The first-order chi connectivity index (χ1) is 11.6. The fraction of sp³-hybridized carbons (Fsp3) is 0.200. The summed E-state index contributed by atoms with van der Waals surface area (Å²) in [4.78, 5) is 12.2. The monoisotopic (exact) mass is 319 g/mol. The zero-order valence-electron chi connectivity index (χ0n) is 13.9. The average Bonchev–Trinajstić information content (AvgIpc) is 2.99. The molecule has 1 aromatic heterocycles. The van der Waals surface area contributed by atoms with Crippen LogP contribution in [0.25, 0.3) is 16.8 Å². The number of amides is 1. The Labute approximate surface area is 141 Å². The van der Waals surface area contributed by atoms with Crippen molar-refractivity contribution in [3.8, 4) is 0 Å². The van der Waals surface area contributed by atoms with Gasteiger partial charge >= 0.3 is 0 Å². The van der Waals surface area contributed by atoms with Crippen LogP contribution >= 0.6 is 0 Å². The van der Waals surface area contributed by atoms with Crippen molar-refractivity contribution in [1.29, 1.82) is 0 Å². The van der Waals surface area contributed by atoms with Gasteiger partial charge in [0.25, 0.3) is 0 Å². The van der Waals surface area contributed by atoms with E-state index in [9.17, 15) is 4.79 Å². The van der Waals surface area contributed by atoms with Gasteiger partial charge in [0.15, 0.2) is 0 Å². The second-order valence-corrected chi connectivity index (χ2v) is 6.18. The number of rotatable bonds is 5. The molecule has 1 heterocycles. The highest BCUT2D eigenvalue weighted by Crippen LogP contribution is 2.19. The lowest BCUT2D eigenvalue weighted by atomic mass is 10.0. The highest BCUT2D eigenvalue weighted by molar-refractivity contribution is 6.03. The zero-order valence-corrected chi connectivity index (χ0v) is 13.9. The number of carbonyl (C=O) groups excluding carboxylic acids is 1. The SMILES string of the molecule is CC(C)Cn1nccc1NC(=O)/C=C/c1cccc2ccccc12. The number of aromatic nitrogens is 2. The van der Waals surface area contributed by atoms with E-state index < -0.39 is 0 Å². The molecule has 0 aliphatic rings. The van der Waals surface area contributed by atoms with Crippen molar-refractivity contribution in [2.24, 2.45) is 5.92 Å². The van der Waals surface area contributed by atoms with Gasteiger partial charge in [0, 0.05) is 18.7 Å². The second-order valence-electron chi connectivity index (χ2n) is 6.18. The summed E-state index contributed by atoms with van der Waals surface area (Å²) >= 11 is 0. The standard InChI is InChI=1S/C20H21N3O/c1-15(2)14-23-19(12-13-21-23)22-20(24)11-10-17-8-5-7-16-6-3-4-9-18(16)17/h3-13,15H,14H2,1-2H3,(H,22,24)/b11-10+. The van der Waals surface area contributed by atoms with Gasteiger partial charge < -0.3 is 5.32 Å². The molecule has 4 nitrogen and oxygen atoms in total. The Bertz CT molecular complexity index is 872. The lowest BCUT2D eigenvalue weighted by Gasteiger charge is -2.09. The Balaban J connectivity index is 1.75. The fourth-order valence-corrected chi connectivity index (χ4v) is 2.66. The van der Waals surface area contributed by atoms with Crippen LogP contribution in [0, 0.1) is 5.92 Å². The molecular weight excluding hydrogens is 298 g/mol. The summed E-state index contributed by atoms with van der Waals surface area (Å²) in [5.74, 6) is 1.02. The van der Waals surface area contributed by atoms with Gasteiger partial charge in [-0.05, 0) is 28.3 Å². The third-order valence-corrected chi connectivity index (χ3v) is 3.74. The molecule has 1 amide bonds. The van der Waals surface area contributed by atoms with Gasteiger partial charge in [0.2, 0.25) is 5.91 Å². The van der Waals surface area contributed by atoms with Crippen molar-refractivity contribution in [1.82, 2.24) is 9.78 Å². The molecule has 0 bridgehead atoms. The molecule has 122 valence electrons. The minimum Gasteiger partial charge on any atom is -0.307 e. The van der Waals surface area contributed by atoms with Crippen LogP contribution in [0.15, 0.2) is 60.8 Å². The predicted octanol–water partition coefficient (Wildman–Crippen LogP) is 4.34. The molecule has 3 aromatic rings. The van der Waals surface area contributed by atoms with E-state index >= 15 is 0 Å². The third kappa shape index (κ3) is 3.71. The summed E-state index contributed by atoms with van der Waals surface area (Å²) < 4.78 is 1.81. The predicted molar refractivity (Wildman–Crippen MR) is 98.7 cm³/mol. The summed E-state index contributed by atoms with van der Waals surface area (Å²) in [5, 5.41) is 9.43. The molecule has 0 atom stereocenters. The van der Waals surface area contributed by atoms with E-state index in [1.807, 2.05) is 41.1 Å². The van der Waals surface area contributed by atoms with Gasteiger partial charge in [0.1, 0.15) is 5.82 Å². The molecule has 0 fully saturated rings. The number of anilines is 1. The molecule has 24 heavy (non-hydrogen) atoms. The number of fused-ring (bicyclic) bond motifs is 1. The molecule has 0 spiro atoms. The van der Waals surface area contributed by atoms with Crippen LogP contribution in [-0.4, -0.2) is 15.7 Å². The van der Waals surface area contributed by atoms with Gasteiger partial charge in [0.05, 0.1) is 6.20 Å². The summed E-state index contributed by atoms with van der Waals surface area (Å²) in [6.07, 6.45) is 5.11. The number of nitrogens with zero attached hydrogens (tertiary/aromatic N) is 2. The molecule has 3 rings (SSSR count). The number of hydrogen-bond donors (Lipinski definition) is 1. The molecule has 1 N–H and O–H groups in total. The van der Waals surface area contributed by atoms with Crippen molar-refractivity contribution in [3.63, 3.8) is 0 Å². The molecule has 0 unspecified atom stereocenters. The summed E-state index contributed by atoms with van der Waals surface area (Å²) in [6, 6.07) is 16.0. The molecule has 0 aliphatic heterocycles. The maximum Gasteiger partial charge on any atom is 0.249 e. The molecule has 0 saturated heterocycles. The second kappa shape index (κ2) is 7.13. The van der Waals surface area contributed by atoms with Gasteiger partial charge in [-0.1, -0.05) is 56.3 Å². The Morgan fingerprint density at radius 3 is 2.79 bits per heavy atom. The number of benzene rings is 2. The first-order valence-electron chi connectivity index (χ1n) is 8.12. The van der Waals surface area contributed by atoms with Crippen LogP contribution in [0.1, 0.15) is 19.4 Å². The van der Waals surface area contributed by atoms with Gasteiger partial charge in [-0.2, -0.15) is 5.10 Å². The lowest BCUT2D eigenvalue weighted by Crippen LogP contribution is -2.15. The Kier molecular flexibility index (Phi) is 4.75. The van der Waals surface area contributed by atoms with Gasteiger partial charge in [-0.3, -0.25) is 4.79 Å². The Hall–Kier alpha value is -2.88. The normalized spacial score (nSPS) is 11.5. The van der Waals surface area contributed by atoms with Crippen LogP contribution in [0.3, 0.4) is 0 Å². The van der Waals surface area contributed by atoms with E-state index in [4.69, 9.17) is 0 Å². The maximum atomic E-state index is 12.2. The van der Waals surface area contributed by atoms with E-state index in [-0.39, 0.29) is 5.91 Å². The van der Waals surface area contributed by atoms with Crippen molar-refractivity contribution < 1.29 is 4.79 Å². The Morgan fingerprint density at radius 1 is 1.17 bits per heavy atom. The third-order valence-electron chi connectivity index (χ3n) is 3.74. The first kappa shape index (κ1) is 16.0. The van der Waals surface area contributed by atoms with Crippen molar-refractivity contribution in [3.05, 3.63) is 66.4 Å². The molecule has 0 radical (unpaired) electrons. The van der Waals surface area contributed by atoms with Crippen LogP contribution < -0.4 is 5.32 Å². The summed E-state index contributed by atoms with van der Waals surface area (Å²) in [5.41, 5.74) is 1.03. The van der Waals surface area contributed by atoms with Crippen LogP contribution in [-0.2, 0) is 11.3 Å². The van der Waals surface area contributed by atoms with E-state index in [2.05, 4.69) is 42.5 Å². The highest BCUT2D eigenvalue weighted by atomic mass is 16.1. The van der Waals surface area contributed by atoms with Crippen molar-refractivity contribution in [2.75, 3.05) is 5.32 Å². The lowest BCUT2D eigenvalue weighted by molar-refractivity contribution is -0.111. The van der Waals surface area contributed by atoms with E-state index in [1.165, 1.54) is 0 Å². The quantitative estimate of drug-likeness (QED) is 0.711. The number of hydrogen-bond acceptors (Lipinski definition) is 2. The minimum atomic E-state index is -0.159. The molecule has 2 aromatic carbocycles. The summed E-state index contributed by atoms with van der Waals surface area (Å²) in [7, 11) is 0. The van der Waals surface area contributed by atoms with Crippen LogP contribution in [0.5, 0.6) is 0 Å². The van der Waals surface area contributed by atoms with Gasteiger partial charge in [-0.25, -0.2) is 4.68 Å². The van der Waals surface area contributed by atoms with Crippen LogP contribution in [0.2, 0.25) is 0 Å². The van der Waals surface area contributed by atoms with Gasteiger partial charge in [-0.15, -0.1) is 0 Å². The minimum absolute atomic E-state index is 0.159. The van der Waals surface area contributed by atoms with Crippen molar-refractivity contribution in [2.45, 2.75) is 20.4 Å². The van der Waals surface area contributed by atoms with Crippen molar-refractivity contribution >= 4 is 28.6 Å². The molecular formula is C20H21N3O. The van der Waals surface area contributed by atoms with E-state index in [0.29, 0.717) is 5.92 Å². The average molecular weight is 319 g/mol. The topological polar surface area (TPSA) is 46.9 Å². The molecule has 0 saturated carbocycles. The fourth-order valence-electron chi connectivity index (χ4n) is 2.66. The highest BCUT2D eigenvalue weighted by Gasteiger charge is 2.06. The van der Waals surface area contributed by atoms with E-state index in [1.54, 1.807) is 12.3 Å². The molecule has 0 aliphatic carbocycles. The Morgan fingerprint density at radius 2 is 1.96 bits per heavy atom.